The smallest absolute Gasteiger partial charge is 0.104 e. The van der Waals surface area contributed by atoms with E-state index >= 15 is 0 Å². The summed E-state index contributed by atoms with van der Waals surface area (Å²) in [5, 5.41) is 17.7. The number of hydrogen-bond acceptors (Lipinski definition) is 6. The van der Waals surface area contributed by atoms with Gasteiger partial charge in [0.05, 0.1) is 52.9 Å². The van der Waals surface area contributed by atoms with E-state index in [4.69, 9.17) is 24.1 Å². The molecule has 0 radical (unpaired) electrons. The van der Waals surface area contributed by atoms with E-state index in [1.165, 1.54) is 19.3 Å². The van der Waals surface area contributed by atoms with Crippen LogP contribution in [-0.4, -0.2) is 75.8 Å². The quantitative estimate of drug-likeness (QED) is 0.390. The number of unbranched alkanes of at least 4 members (excludes halogenated alkanes) is 3. The maximum absolute atomic E-state index is 9.18. The first-order chi connectivity index (χ1) is 10.3. The highest BCUT2D eigenvalue weighted by Gasteiger charge is 2.07. The molecule has 0 aliphatic heterocycles. The maximum atomic E-state index is 9.18. The summed E-state index contributed by atoms with van der Waals surface area (Å²) in [4.78, 5) is 0. The summed E-state index contributed by atoms with van der Waals surface area (Å²) in [6, 6.07) is 0. The van der Waals surface area contributed by atoms with E-state index in [1.807, 2.05) is 0 Å². The fraction of sp³-hybridized carbons (Fsp3) is 1.00. The van der Waals surface area contributed by atoms with Gasteiger partial charge in [-0.3, -0.25) is 0 Å². The van der Waals surface area contributed by atoms with E-state index in [9.17, 15) is 5.11 Å². The van der Waals surface area contributed by atoms with Crippen molar-refractivity contribution in [2.45, 2.75) is 38.7 Å². The van der Waals surface area contributed by atoms with Crippen LogP contribution in [0.25, 0.3) is 0 Å². The lowest BCUT2D eigenvalue weighted by molar-refractivity contribution is -0.0632. The second-order valence-electron chi connectivity index (χ2n) is 4.76. The fourth-order valence-electron chi connectivity index (χ4n) is 1.66. The number of hydrogen-bond donors (Lipinski definition) is 2. The van der Waals surface area contributed by atoms with Crippen molar-refractivity contribution in [1.29, 1.82) is 0 Å². The number of aliphatic hydroxyl groups excluding tert-OH is 2. The van der Waals surface area contributed by atoms with E-state index in [0.29, 0.717) is 39.6 Å². The zero-order valence-electron chi connectivity index (χ0n) is 13.3. The lowest BCUT2D eigenvalue weighted by atomic mass is 10.2. The normalized spacial score (nSPS) is 12.7. The summed E-state index contributed by atoms with van der Waals surface area (Å²) in [6.07, 6.45) is 4.41. The molecule has 6 heteroatoms. The number of rotatable bonds is 17. The van der Waals surface area contributed by atoms with Gasteiger partial charge in [0.25, 0.3) is 0 Å². The summed E-state index contributed by atoms with van der Waals surface area (Å²) >= 11 is 0. The van der Waals surface area contributed by atoms with Crippen LogP contribution < -0.4 is 0 Å². The van der Waals surface area contributed by atoms with Crippen LogP contribution in [0.3, 0.4) is 0 Å². The van der Waals surface area contributed by atoms with Crippen LogP contribution in [0.1, 0.15) is 32.6 Å². The summed E-state index contributed by atoms with van der Waals surface area (Å²) in [7, 11) is 0. The molecule has 21 heavy (non-hydrogen) atoms. The van der Waals surface area contributed by atoms with Crippen LogP contribution in [0.4, 0.5) is 0 Å². The molecule has 0 aromatic heterocycles. The molecule has 0 amide bonds. The second-order valence-corrected chi connectivity index (χ2v) is 4.76. The fourth-order valence-corrected chi connectivity index (χ4v) is 1.66. The summed E-state index contributed by atoms with van der Waals surface area (Å²) in [6.45, 7) is 5.44. The predicted octanol–water partition coefficient (Wildman–Crippen LogP) is 0.986. The third-order valence-corrected chi connectivity index (χ3v) is 2.84. The Morgan fingerprint density at radius 3 is 2.14 bits per heavy atom. The first-order valence-electron chi connectivity index (χ1n) is 7.91. The van der Waals surface area contributed by atoms with E-state index in [1.54, 1.807) is 0 Å². The molecular formula is C15H32O6. The molecule has 0 aromatic rings. The van der Waals surface area contributed by atoms with Crippen molar-refractivity contribution in [3.63, 3.8) is 0 Å². The van der Waals surface area contributed by atoms with Crippen molar-refractivity contribution in [1.82, 2.24) is 0 Å². The lowest BCUT2D eigenvalue weighted by Gasteiger charge is -2.15. The Labute approximate surface area is 128 Å². The molecule has 128 valence electrons. The van der Waals surface area contributed by atoms with Crippen molar-refractivity contribution in [3.05, 3.63) is 0 Å². The zero-order valence-corrected chi connectivity index (χ0v) is 13.3. The van der Waals surface area contributed by atoms with Crippen LogP contribution >= 0.6 is 0 Å². The molecule has 0 saturated carbocycles. The first kappa shape index (κ1) is 20.8. The van der Waals surface area contributed by atoms with Gasteiger partial charge in [-0.25, -0.2) is 0 Å². The van der Waals surface area contributed by atoms with Gasteiger partial charge in [0.15, 0.2) is 0 Å². The molecule has 0 aliphatic rings. The van der Waals surface area contributed by atoms with Crippen molar-refractivity contribution < 1.29 is 29.2 Å². The largest absolute Gasteiger partial charge is 0.394 e. The highest BCUT2D eigenvalue weighted by atomic mass is 16.6. The molecule has 2 N–H and O–H groups in total. The van der Waals surface area contributed by atoms with E-state index in [2.05, 4.69) is 6.92 Å². The molecule has 0 fully saturated rings. The molecule has 0 rings (SSSR count). The minimum atomic E-state index is -0.287. The SMILES string of the molecule is CCCCCCOCC(CO)OCCOCCOCCO. The third kappa shape index (κ3) is 16.0. The molecule has 0 heterocycles. The zero-order chi connectivity index (χ0) is 15.6. The Bertz CT molecular complexity index is 191. The van der Waals surface area contributed by atoms with Gasteiger partial charge in [0.1, 0.15) is 6.10 Å². The van der Waals surface area contributed by atoms with Gasteiger partial charge in [0.2, 0.25) is 0 Å². The molecule has 0 spiro atoms. The number of ether oxygens (including phenoxy) is 4. The third-order valence-electron chi connectivity index (χ3n) is 2.84. The van der Waals surface area contributed by atoms with Gasteiger partial charge < -0.3 is 29.2 Å². The Morgan fingerprint density at radius 1 is 0.762 bits per heavy atom. The van der Waals surface area contributed by atoms with Crippen molar-refractivity contribution in [2.24, 2.45) is 0 Å². The van der Waals surface area contributed by atoms with Gasteiger partial charge in [-0.1, -0.05) is 26.2 Å². The van der Waals surface area contributed by atoms with Gasteiger partial charge in [-0.2, -0.15) is 0 Å². The minimum Gasteiger partial charge on any atom is -0.394 e. The van der Waals surface area contributed by atoms with Crippen LogP contribution in [0, 0.1) is 0 Å². The molecule has 6 nitrogen and oxygen atoms in total. The van der Waals surface area contributed by atoms with E-state index in [0.717, 1.165) is 13.0 Å². The molecule has 1 atom stereocenters. The first-order valence-corrected chi connectivity index (χ1v) is 7.91. The minimum absolute atomic E-state index is 0.0275. The van der Waals surface area contributed by atoms with E-state index < -0.39 is 0 Å². The van der Waals surface area contributed by atoms with Gasteiger partial charge in [-0.15, -0.1) is 0 Å². The second kappa shape index (κ2) is 17.8. The van der Waals surface area contributed by atoms with Crippen LogP contribution in [-0.2, 0) is 18.9 Å². The van der Waals surface area contributed by atoms with Gasteiger partial charge in [-0.05, 0) is 6.42 Å². The molecular weight excluding hydrogens is 276 g/mol. The molecule has 0 saturated heterocycles. The van der Waals surface area contributed by atoms with E-state index in [-0.39, 0.29) is 19.3 Å². The van der Waals surface area contributed by atoms with Crippen LogP contribution in [0.15, 0.2) is 0 Å². The highest BCUT2D eigenvalue weighted by molar-refractivity contribution is 4.54. The number of aliphatic hydroxyl groups is 2. The molecule has 0 aliphatic carbocycles. The average molecular weight is 308 g/mol. The standard InChI is InChI=1S/C15H32O6/c1-2-3-4-5-7-20-14-15(13-17)21-12-11-19-10-9-18-8-6-16/h15-17H,2-14H2,1H3. The Morgan fingerprint density at radius 2 is 1.48 bits per heavy atom. The molecule has 0 bridgehead atoms. The lowest BCUT2D eigenvalue weighted by Crippen LogP contribution is -2.26. The Kier molecular flexibility index (Phi) is 17.6. The topological polar surface area (TPSA) is 77.4 Å². The van der Waals surface area contributed by atoms with Crippen LogP contribution in [0.5, 0.6) is 0 Å². The average Bonchev–Trinajstić information content (AvgIpc) is 2.51. The van der Waals surface area contributed by atoms with Crippen LogP contribution in [0.2, 0.25) is 0 Å². The predicted molar refractivity (Wildman–Crippen MR) is 80.5 cm³/mol. The van der Waals surface area contributed by atoms with Gasteiger partial charge >= 0.3 is 0 Å². The van der Waals surface area contributed by atoms with Gasteiger partial charge in [0, 0.05) is 6.61 Å². The molecule has 1 unspecified atom stereocenters. The van der Waals surface area contributed by atoms with Crippen molar-refractivity contribution in [3.8, 4) is 0 Å². The molecule has 0 aromatic carbocycles. The summed E-state index contributed by atoms with van der Waals surface area (Å²) < 4.78 is 21.3. The summed E-state index contributed by atoms with van der Waals surface area (Å²) in [5.41, 5.74) is 0. The maximum Gasteiger partial charge on any atom is 0.104 e. The Hall–Kier alpha value is -0.240. The van der Waals surface area contributed by atoms with Crippen molar-refractivity contribution >= 4 is 0 Å². The van der Waals surface area contributed by atoms with Crippen molar-refractivity contribution in [2.75, 3.05) is 59.5 Å². The summed E-state index contributed by atoms with van der Waals surface area (Å²) in [5.74, 6) is 0. The monoisotopic (exact) mass is 308 g/mol. The highest BCUT2D eigenvalue weighted by Crippen LogP contribution is 2.00. The Balaban J connectivity index is 3.28.